The van der Waals surface area contributed by atoms with Crippen LogP contribution in [0.1, 0.15) is 13.3 Å². The molecule has 0 radical (unpaired) electrons. The lowest BCUT2D eigenvalue weighted by atomic mass is 9.92. The number of allylic oxidation sites excluding steroid dienone is 3. The molecule has 106 valence electrons. The maximum absolute atomic E-state index is 13.8. The Labute approximate surface area is 111 Å². The molecule has 1 amide bonds. The zero-order valence-corrected chi connectivity index (χ0v) is 11.2. The third-order valence-corrected chi connectivity index (χ3v) is 3.02. The standard InChI is InChI=1S/C13H18FNO4/c1-4-10(18-2)6-9(14)5-8-7-15-12(16)11(8)13(17)19-3/h4,6,8,11H,5,7H2,1-3H3,(H,15,16)/b9-6+,10-4+/t8-,11+/m0/s1. The number of carbonyl (C=O) groups is 2. The third-order valence-electron chi connectivity index (χ3n) is 3.02. The van der Waals surface area contributed by atoms with Gasteiger partial charge in [-0.25, -0.2) is 4.39 Å². The van der Waals surface area contributed by atoms with Crippen LogP contribution in [0.3, 0.4) is 0 Å². The van der Waals surface area contributed by atoms with Gasteiger partial charge in [-0.05, 0) is 13.0 Å². The van der Waals surface area contributed by atoms with E-state index < -0.39 is 29.5 Å². The maximum Gasteiger partial charge on any atom is 0.318 e. The van der Waals surface area contributed by atoms with Crippen LogP contribution in [0.4, 0.5) is 4.39 Å². The summed E-state index contributed by atoms with van der Waals surface area (Å²) in [6.45, 7) is 1.98. The molecule has 0 unspecified atom stereocenters. The van der Waals surface area contributed by atoms with E-state index in [1.54, 1.807) is 13.0 Å². The van der Waals surface area contributed by atoms with Crippen LogP contribution in [0.2, 0.25) is 0 Å². The molecular formula is C13H18FNO4. The van der Waals surface area contributed by atoms with Crippen LogP contribution in [0, 0.1) is 11.8 Å². The Hall–Kier alpha value is -1.85. The molecule has 1 heterocycles. The molecule has 0 spiro atoms. The van der Waals surface area contributed by atoms with E-state index in [0.717, 1.165) is 0 Å². The molecule has 0 bridgehead atoms. The van der Waals surface area contributed by atoms with Crippen molar-refractivity contribution in [3.05, 3.63) is 23.7 Å². The highest BCUT2D eigenvalue weighted by molar-refractivity contribution is 5.99. The van der Waals surface area contributed by atoms with Gasteiger partial charge in [-0.2, -0.15) is 0 Å². The van der Waals surface area contributed by atoms with Gasteiger partial charge in [0.15, 0.2) is 0 Å². The first-order valence-corrected chi connectivity index (χ1v) is 5.95. The van der Waals surface area contributed by atoms with E-state index in [1.165, 1.54) is 20.3 Å². The van der Waals surface area contributed by atoms with Crippen LogP contribution in [-0.2, 0) is 19.1 Å². The fourth-order valence-electron chi connectivity index (χ4n) is 2.01. The van der Waals surface area contributed by atoms with E-state index in [2.05, 4.69) is 10.1 Å². The van der Waals surface area contributed by atoms with Crippen LogP contribution < -0.4 is 5.32 Å². The van der Waals surface area contributed by atoms with Gasteiger partial charge < -0.3 is 14.8 Å². The van der Waals surface area contributed by atoms with Gasteiger partial charge in [0.05, 0.1) is 14.2 Å². The van der Waals surface area contributed by atoms with Crippen LogP contribution in [0.15, 0.2) is 23.7 Å². The second-order valence-corrected chi connectivity index (χ2v) is 4.20. The second-order valence-electron chi connectivity index (χ2n) is 4.20. The van der Waals surface area contributed by atoms with Crippen LogP contribution >= 0.6 is 0 Å². The monoisotopic (exact) mass is 271 g/mol. The molecule has 0 saturated carbocycles. The zero-order chi connectivity index (χ0) is 14.4. The molecule has 0 aromatic carbocycles. The van der Waals surface area contributed by atoms with Crippen molar-refractivity contribution in [2.24, 2.45) is 11.8 Å². The fraction of sp³-hybridized carbons (Fsp3) is 0.538. The normalized spacial score (nSPS) is 24.1. The average molecular weight is 271 g/mol. The predicted molar refractivity (Wildman–Crippen MR) is 66.6 cm³/mol. The van der Waals surface area contributed by atoms with E-state index >= 15 is 0 Å². The molecule has 1 fully saturated rings. The molecule has 5 nitrogen and oxygen atoms in total. The summed E-state index contributed by atoms with van der Waals surface area (Å²) >= 11 is 0. The van der Waals surface area contributed by atoms with Crippen molar-refractivity contribution >= 4 is 11.9 Å². The van der Waals surface area contributed by atoms with Gasteiger partial charge in [0.25, 0.3) is 0 Å². The van der Waals surface area contributed by atoms with Crippen molar-refractivity contribution in [3.63, 3.8) is 0 Å². The van der Waals surface area contributed by atoms with Gasteiger partial charge in [-0.15, -0.1) is 0 Å². The van der Waals surface area contributed by atoms with E-state index in [4.69, 9.17) is 4.74 Å². The Kier molecular flexibility index (Phi) is 5.54. The molecular weight excluding hydrogens is 253 g/mol. The Morgan fingerprint density at radius 1 is 1.47 bits per heavy atom. The highest BCUT2D eigenvalue weighted by Crippen LogP contribution is 2.27. The molecule has 1 rings (SSSR count). The maximum atomic E-state index is 13.8. The SMILES string of the molecule is C/C=C(\C=C(\F)C[C@H]1CNC(=O)[C@@H]1C(=O)OC)OC. The Bertz CT molecular complexity index is 417. The van der Waals surface area contributed by atoms with E-state index in [-0.39, 0.29) is 13.0 Å². The fourth-order valence-corrected chi connectivity index (χ4v) is 2.01. The van der Waals surface area contributed by atoms with Gasteiger partial charge in [0, 0.05) is 25.0 Å². The molecule has 2 atom stereocenters. The number of esters is 1. The van der Waals surface area contributed by atoms with Gasteiger partial charge in [-0.3, -0.25) is 9.59 Å². The predicted octanol–water partition coefficient (Wildman–Crippen LogP) is 1.32. The highest BCUT2D eigenvalue weighted by atomic mass is 19.1. The molecule has 19 heavy (non-hydrogen) atoms. The summed E-state index contributed by atoms with van der Waals surface area (Å²) < 4.78 is 23.3. The summed E-state index contributed by atoms with van der Waals surface area (Å²) in [5.41, 5.74) is 0. The quantitative estimate of drug-likeness (QED) is 0.354. The van der Waals surface area contributed by atoms with E-state index in [9.17, 15) is 14.0 Å². The first-order valence-electron chi connectivity index (χ1n) is 5.95. The van der Waals surface area contributed by atoms with E-state index in [1.807, 2.05) is 0 Å². The molecule has 1 saturated heterocycles. The topological polar surface area (TPSA) is 64.6 Å². The zero-order valence-electron chi connectivity index (χ0n) is 11.2. The Morgan fingerprint density at radius 2 is 2.16 bits per heavy atom. The number of hydrogen-bond acceptors (Lipinski definition) is 4. The number of methoxy groups -OCH3 is 2. The number of carbonyl (C=O) groups excluding carboxylic acids is 2. The minimum Gasteiger partial charge on any atom is -0.497 e. The van der Waals surface area contributed by atoms with Gasteiger partial charge in [0.1, 0.15) is 17.5 Å². The van der Waals surface area contributed by atoms with Crippen molar-refractivity contribution in [2.45, 2.75) is 13.3 Å². The molecule has 6 heteroatoms. The molecule has 0 aromatic heterocycles. The summed E-state index contributed by atoms with van der Waals surface area (Å²) in [7, 11) is 2.65. The molecule has 1 aliphatic rings. The van der Waals surface area contributed by atoms with Crippen molar-refractivity contribution in [1.82, 2.24) is 5.32 Å². The Balaban J connectivity index is 2.75. The minimum absolute atomic E-state index is 0.0147. The lowest BCUT2D eigenvalue weighted by Gasteiger charge is -2.13. The number of nitrogens with one attached hydrogen (secondary N) is 1. The summed E-state index contributed by atoms with van der Waals surface area (Å²) in [4.78, 5) is 23.0. The van der Waals surface area contributed by atoms with Gasteiger partial charge in [-0.1, -0.05) is 0 Å². The van der Waals surface area contributed by atoms with Crippen LogP contribution in [-0.4, -0.2) is 32.6 Å². The van der Waals surface area contributed by atoms with Crippen molar-refractivity contribution in [2.75, 3.05) is 20.8 Å². The summed E-state index contributed by atoms with van der Waals surface area (Å²) in [5, 5.41) is 2.54. The average Bonchev–Trinajstić information content (AvgIpc) is 2.76. The first-order chi connectivity index (χ1) is 9.03. The van der Waals surface area contributed by atoms with E-state index in [0.29, 0.717) is 5.76 Å². The molecule has 1 N–H and O–H groups in total. The van der Waals surface area contributed by atoms with Gasteiger partial charge in [0.2, 0.25) is 5.91 Å². The third kappa shape index (κ3) is 3.81. The van der Waals surface area contributed by atoms with Crippen molar-refractivity contribution < 1.29 is 23.5 Å². The first kappa shape index (κ1) is 15.2. The minimum atomic E-state index is -0.944. The van der Waals surface area contributed by atoms with Gasteiger partial charge >= 0.3 is 5.97 Å². The summed E-state index contributed by atoms with van der Waals surface area (Å²) in [5.74, 6) is -2.48. The number of halogens is 1. The summed E-state index contributed by atoms with van der Waals surface area (Å²) in [6, 6.07) is 0. The number of rotatable bonds is 5. The lowest BCUT2D eigenvalue weighted by Crippen LogP contribution is -2.28. The second kappa shape index (κ2) is 6.92. The molecule has 0 aliphatic carbocycles. The number of ether oxygens (including phenoxy) is 2. The van der Waals surface area contributed by atoms with Crippen LogP contribution in [0.25, 0.3) is 0 Å². The number of hydrogen-bond donors (Lipinski definition) is 1. The Morgan fingerprint density at radius 3 is 2.68 bits per heavy atom. The smallest absolute Gasteiger partial charge is 0.318 e. The lowest BCUT2D eigenvalue weighted by molar-refractivity contribution is -0.150. The molecule has 0 aromatic rings. The number of amides is 1. The summed E-state index contributed by atoms with van der Waals surface area (Å²) in [6.07, 6.45) is 2.85. The van der Waals surface area contributed by atoms with Crippen molar-refractivity contribution in [1.29, 1.82) is 0 Å². The van der Waals surface area contributed by atoms with Crippen molar-refractivity contribution in [3.8, 4) is 0 Å². The molecule has 1 aliphatic heterocycles. The largest absolute Gasteiger partial charge is 0.497 e. The highest BCUT2D eigenvalue weighted by Gasteiger charge is 2.41. The van der Waals surface area contributed by atoms with Crippen LogP contribution in [0.5, 0.6) is 0 Å².